The van der Waals surface area contributed by atoms with Gasteiger partial charge in [-0.25, -0.2) is 14.6 Å². The first kappa shape index (κ1) is 19.6. The summed E-state index contributed by atoms with van der Waals surface area (Å²) in [7, 11) is 0. The first-order valence-electron chi connectivity index (χ1n) is 8.94. The van der Waals surface area contributed by atoms with Crippen LogP contribution in [0.25, 0.3) is 11.0 Å². The Bertz CT molecular complexity index is 1290. The van der Waals surface area contributed by atoms with E-state index in [-0.39, 0.29) is 18.1 Å². The highest BCUT2D eigenvalue weighted by atomic mass is 35.5. The van der Waals surface area contributed by atoms with E-state index in [9.17, 15) is 9.59 Å². The van der Waals surface area contributed by atoms with Crippen LogP contribution >= 0.6 is 11.6 Å². The van der Waals surface area contributed by atoms with Crippen LogP contribution in [-0.2, 0) is 11.3 Å². The van der Waals surface area contributed by atoms with Crippen molar-refractivity contribution in [2.75, 3.05) is 0 Å². The molecule has 0 spiro atoms. The van der Waals surface area contributed by atoms with Gasteiger partial charge in [-0.3, -0.25) is 4.98 Å². The van der Waals surface area contributed by atoms with Crippen molar-refractivity contribution < 1.29 is 18.7 Å². The van der Waals surface area contributed by atoms with Crippen molar-refractivity contribution in [2.45, 2.75) is 13.5 Å². The molecule has 4 aromatic rings. The van der Waals surface area contributed by atoms with Gasteiger partial charge in [0.05, 0.1) is 6.20 Å². The van der Waals surface area contributed by atoms with Gasteiger partial charge in [0, 0.05) is 34.4 Å². The summed E-state index contributed by atoms with van der Waals surface area (Å²) in [5, 5.41) is 1.11. The van der Waals surface area contributed by atoms with Gasteiger partial charge in [0.25, 0.3) is 0 Å². The predicted octanol–water partition coefficient (Wildman–Crippen LogP) is 4.69. The average molecular weight is 423 g/mol. The summed E-state index contributed by atoms with van der Waals surface area (Å²) in [6.45, 7) is 1.65. The van der Waals surface area contributed by atoms with E-state index in [1.807, 2.05) is 0 Å². The summed E-state index contributed by atoms with van der Waals surface area (Å²) in [5.41, 5.74) is 1.22. The van der Waals surface area contributed by atoms with E-state index in [0.717, 1.165) is 5.56 Å². The number of hydrogen-bond acceptors (Lipinski definition) is 7. The number of fused-ring (bicyclic) bond motifs is 1. The molecule has 3 heterocycles. The number of hydrogen-bond donors (Lipinski definition) is 0. The third-order valence-corrected chi connectivity index (χ3v) is 4.72. The van der Waals surface area contributed by atoms with Crippen molar-refractivity contribution in [2.24, 2.45) is 0 Å². The second-order valence-electron chi connectivity index (χ2n) is 6.41. The highest BCUT2D eigenvalue weighted by Gasteiger charge is 2.17. The van der Waals surface area contributed by atoms with Gasteiger partial charge >= 0.3 is 11.6 Å². The van der Waals surface area contributed by atoms with Gasteiger partial charge in [0.1, 0.15) is 23.5 Å². The number of carbonyl (C=O) groups excluding carboxylic acids is 1. The zero-order chi connectivity index (χ0) is 21.1. The summed E-state index contributed by atoms with van der Waals surface area (Å²) >= 11 is 6.20. The molecule has 8 heteroatoms. The van der Waals surface area contributed by atoms with Crippen LogP contribution in [-0.4, -0.2) is 15.9 Å². The maximum atomic E-state index is 12.7. The van der Waals surface area contributed by atoms with Crippen LogP contribution in [0.15, 0.2) is 70.3 Å². The number of carbonyl (C=O) groups is 1. The minimum atomic E-state index is -0.651. The smallest absolute Gasteiger partial charge is 0.344 e. The fourth-order valence-corrected chi connectivity index (χ4v) is 3.00. The van der Waals surface area contributed by atoms with E-state index in [2.05, 4.69) is 9.97 Å². The normalized spacial score (nSPS) is 10.7. The molecule has 0 unspecified atom stereocenters. The first-order chi connectivity index (χ1) is 14.5. The van der Waals surface area contributed by atoms with Crippen LogP contribution in [0.1, 0.15) is 21.5 Å². The van der Waals surface area contributed by atoms with Gasteiger partial charge in [0.15, 0.2) is 0 Å². The molecule has 0 aliphatic heterocycles. The van der Waals surface area contributed by atoms with Crippen molar-refractivity contribution >= 4 is 28.5 Å². The van der Waals surface area contributed by atoms with Gasteiger partial charge in [-0.05, 0) is 48.9 Å². The molecule has 0 saturated heterocycles. The van der Waals surface area contributed by atoms with Crippen molar-refractivity contribution in [3.8, 4) is 11.6 Å². The van der Waals surface area contributed by atoms with E-state index >= 15 is 0 Å². The molecule has 1 aromatic carbocycles. The Labute approximate surface area is 175 Å². The van der Waals surface area contributed by atoms with Crippen LogP contribution < -0.4 is 10.4 Å². The van der Waals surface area contributed by atoms with Crippen LogP contribution in [0.2, 0.25) is 5.02 Å². The SMILES string of the molecule is Cc1cc2oc(=O)cc(COC(=O)c3cccnc3Oc3cccnc3)c2cc1Cl. The lowest BCUT2D eigenvalue weighted by Gasteiger charge is -2.11. The van der Waals surface area contributed by atoms with Gasteiger partial charge in [0.2, 0.25) is 5.88 Å². The standard InChI is InChI=1S/C22H15ClN2O5/c1-13-8-19-17(10-18(13)23)14(9-20(26)30-19)12-28-22(27)16-5-3-7-25-21(16)29-15-4-2-6-24-11-15/h2-11H,12H2,1H3. The number of pyridine rings is 2. The Morgan fingerprint density at radius 3 is 2.80 bits per heavy atom. The summed E-state index contributed by atoms with van der Waals surface area (Å²) < 4.78 is 16.3. The molecule has 0 N–H and O–H groups in total. The summed E-state index contributed by atoms with van der Waals surface area (Å²) in [4.78, 5) is 32.6. The quantitative estimate of drug-likeness (QED) is 0.340. The van der Waals surface area contributed by atoms with Crippen LogP contribution in [0.4, 0.5) is 0 Å². The molecule has 30 heavy (non-hydrogen) atoms. The topological polar surface area (TPSA) is 91.5 Å². The van der Waals surface area contributed by atoms with E-state index in [0.29, 0.717) is 27.3 Å². The Kier molecular flexibility index (Phi) is 5.45. The predicted molar refractivity (Wildman–Crippen MR) is 110 cm³/mol. The number of ether oxygens (including phenoxy) is 2. The third kappa shape index (κ3) is 4.16. The van der Waals surface area contributed by atoms with Crippen LogP contribution in [0.5, 0.6) is 11.6 Å². The number of rotatable bonds is 5. The zero-order valence-corrected chi connectivity index (χ0v) is 16.6. The minimum absolute atomic E-state index is 0.0894. The van der Waals surface area contributed by atoms with Gasteiger partial charge < -0.3 is 13.9 Å². The highest BCUT2D eigenvalue weighted by Crippen LogP contribution is 2.27. The molecule has 0 atom stereocenters. The molecule has 0 amide bonds. The third-order valence-electron chi connectivity index (χ3n) is 4.31. The molecule has 0 fully saturated rings. The van der Waals surface area contributed by atoms with Crippen LogP contribution in [0.3, 0.4) is 0 Å². The monoisotopic (exact) mass is 422 g/mol. The minimum Gasteiger partial charge on any atom is -0.457 e. The molecule has 0 aliphatic carbocycles. The van der Waals surface area contributed by atoms with Gasteiger partial charge in [-0.15, -0.1) is 0 Å². The van der Waals surface area contributed by atoms with Gasteiger partial charge in [-0.2, -0.15) is 0 Å². The zero-order valence-electron chi connectivity index (χ0n) is 15.8. The first-order valence-corrected chi connectivity index (χ1v) is 9.32. The van der Waals surface area contributed by atoms with Crippen LogP contribution in [0, 0.1) is 6.92 Å². The van der Waals surface area contributed by atoms with Gasteiger partial charge in [-0.1, -0.05) is 11.6 Å². The molecule has 7 nitrogen and oxygen atoms in total. The lowest BCUT2D eigenvalue weighted by atomic mass is 10.1. The second-order valence-corrected chi connectivity index (χ2v) is 6.82. The lowest BCUT2D eigenvalue weighted by molar-refractivity contribution is 0.0470. The van der Waals surface area contributed by atoms with Crippen molar-refractivity contribution in [3.63, 3.8) is 0 Å². The number of aryl methyl sites for hydroxylation is 1. The van der Waals surface area contributed by atoms with Crippen molar-refractivity contribution in [3.05, 3.63) is 93.2 Å². The number of esters is 1. The summed E-state index contributed by atoms with van der Waals surface area (Å²) in [6.07, 6.45) is 4.61. The maximum absolute atomic E-state index is 12.7. The molecule has 4 rings (SSSR count). The van der Waals surface area contributed by atoms with E-state index in [4.69, 9.17) is 25.5 Å². The van der Waals surface area contributed by atoms with E-state index in [1.54, 1.807) is 49.5 Å². The highest BCUT2D eigenvalue weighted by molar-refractivity contribution is 6.32. The van der Waals surface area contributed by atoms with E-state index < -0.39 is 11.6 Å². The molecule has 3 aromatic heterocycles. The molecular formula is C22H15ClN2O5. The number of benzene rings is 1. The largest absolute Gasteiger partial charge is 0.457 e. The summed E-state index contributed by atoms with van der Waals surface area (Å²) in [5.74, 6) is -0.130. The molecule has 0 saturated carbocycles. The Morgan fingerprint density at radius 1 is 1.17 bits per heavy atom. The fraction of sp³-hybridized carbons (Fsp3) is 0.0909. The lowest BCUT2D eigenvalue weighted by Crippen LogP contribution is -2.09. The number of aromatic nitrogens is 2. The maximum Gasteiger partial charge on any atom is 0.344 e. The molecule has 150 valence electrons. The number of halogens is 1. The molecule has 0 radical (unpaired) electrons. The Balaban J connectivity index is 1.59. The average Bonchev–Trinajstić information content (AvgIpc) is 2.74. The number of nitrogens with zero attached hydrogens (tertiary/aromatic N) is 2. The Hall–Kier alpha value is -3.71. The summed E-state index contributed by atoms with van der Waals surface area (Å²) in [6, 6.07) is 11.2. The van der Waals surface area contributed by atoms with E-state index in [1.165, 1.54) is 18.5 Å². The Morgan fingerprint density at radius 2 is 2.00 bits per heavy atom. The second kappa shape index (κ2) is 8.34. The van der Waals surface area contributed by atoms with Crippen molar-refractivity contribution in [1.82, 2.24) is 9.97 Å². The van der Waals surface area contributed by atoms with Crippen molar-refractivity contribution in [1.29, 1.82) is 0 Å². The molecule has 0 bridgehead atoms. The fourth-order valence-electron chi connectivity index (χ4n) is 2.84. The molecule has 0 aliphatic rings. The molecular weight excluding hydrogens is 408 g/mol.